The molecule has 0 amide bonds. The average Bonchev–Trinajstić information content (AvgIpc) is 2.66. The smallest absolute Gasteiger partial charge is 0.271 e. The molecule has 0 N–H and O–H groups in total. The second-order valence-corrected chi connectivity index (χ2v) is 6.47. The van der Waals surface area contributed by atoms with Crippen LogP contribution in [-0.2, 0) is 13.2 Å². The quantitative estimate of drug-likeness (QED) is 0.587. The maximum atomic E-state index is 13.7. The molecule has 0 aliphatic carbocycles. The molecule has 0 aliphatic rings. The van der Waals surface area contributed by atoms with E-state index in [1.54, 1.807) is 7.11 Å². The Bertz CT molecular complexity index is 1020. The molecule has 2 aromatic carbocycles. The van der Waals surface area contributed by atoms with Crippen LogP contribution in [0.4, 0.5) is 8.78 Å². The molecule has 0 atom stereocenters. The highest BCUT2D eigenvalue weighted by Crippen LogP contribution is 2.20. The molecule has 8 heteroatoms. The van der Waals surface area contributed by atoms with E-state index >= 15 is 0 Å². The predicted molar refractivity (Wildman–Crippen MR) is 99.0 cm³/mol. The largest absolute Gasteiger partial charge is 0.497 e. The van der Waals surface area contributed by atoms with Crippen molar-refractivity contribution in [2.24, 2.45) is 0 Å². The van der Waals surface area contributed by atoms with Crippen LogP contribution >= 0.6 is 15.9 Å². The van der Waals surface area contributed by atoms with Crippen LogP contribution in [0.1, 0.15) is 11.1 Å². The molecule has 0 spiro atoms. The van der Waals surface area contributed by atoms with Crippen molar-refractivity contribution in [3.05, 3.63) is 86.4 Å². The van der Waals surface area contributed by atoms with E-state index in [4.69, 9.17) is 9.47 Å². The lowest BCUT2D eigenvalue weighted by Crippen LogP contribution is -2.22. The number of aromatic nitrogens is 2. The first kappa shape index (κ1) is 19.0. The Kier molecular flexibility index (Phi) is 5.85. The molecule has 0 saturated carbocycles. The summed E-state index contributed by atoms with van der Waals surface area (Å²) in [5, 5.41) is 0. The van der Waals surface area contributed by atoms with Crippen LogP contribution in [0.2, 0.25) is 0 Å². The highest BCUT2D eigenvalue weighted by molar-refractivity contribution is 9.10. The second-order valence-electron chi connectivity index (χ2n) is 5.67. The summed E-state index contributed by atoms with van der Waals surface area (Å²) in [6.07, 6.45) is 1.35. The standard InChI is InChI=1S/C19H15BrF2N2O3/c1-26-15-4-2-3-12(7-15)9-24-11-23-18(17(20)19(24)25)27-10-13-5-6-14(21)8-16(13)22/h2-8,11H,9-10H2,1H3. The van der Waals surface area contributed by atoms with Gasteiger partial charge in [0.1, 0.15) is 34.8 Å². The van der Waals surface area contributed by atoms with Crippen molar-refractivity contribution in [2.75, 3.05) is 7.11 Å². The molecule has 0 unspecified atom stereocenters. The summed E-state index contributed by atoms with van der Waals surface area (Å²) in [6, 6.07) is 10.5. The van der Waals surface area contributed by atoms with Crippen molar-refractivity contribution < 1.29 is 18.3 Å². The molecule has 0 fully saturated rings. The van der Waals surface area contributed by atoms with Gasteiger partial charge in [0.25, 0.3) is 5.56 Å². The van der Waals surface area contributed by atoms with Gasteiger partial charge in [-0.2, -0.15) is 0 Å². The summed E-state index contributed by atoms with van der Waals surface area (Å²) < 4.78 is 38.7. The zero-order chi connectivity index (χ0) is 19.4. The van der Waals surface area contributed by atoms with Gasteiger partial charge >= 0.3 is 0 Å². The first-order valence-electron chi connectivity index (χ1n) is 7.92. The third-order valence-corrected chi connectivity index (χ3v) is 4.50. The van der Waals surface area contributed by atoms with Crippen molar-refractivity contribution >= 4 is 15.9 Å². The van der Waals surface area contributed by atoms with Crippen LogP contribution in [0.15, 0.2) is 58.1 Å². The first-order chi connectivity index (χ1) is 13.0. The highest BCUT2D eigenvalue weighted by Gasteiger charge is 2.12. The fraction of sp³-hybridized carbons (Fsp3) is 0.158. The van der Waals surface area contributed by atoms with Gasteiger partial charge in [-0.05, 0) is 45.8 Å². The summed E-state index contributed by atoms with van der Waals surface area (Å²) in [7, 11) is 1.57. The van der Waals surface area contributed by atoms with Crippen LogP contribution in [0.5, 0.6) is 11.6 Å². The average molecular weight is 437 g/mol. The molecule has 1 heterocycles. The van der Waals surface area contributed by atoms with E-state index in [9.17, 15) is 13.6 Å². The van der Waals surface area contributed by atoms with Crippen LogP contribution in [0, 0.1) is 11.6 Å². The van der Waals surface area contributed by atoms with E-state index in [2.05, 4.69) is 20.9 Å². The van der Waals surface area contributed by atoms with E-state index in [-0.39, 0.29) is 28.1 Å². The van der Waals surface area contributed by atoms with Gasteiger partial charge in [-0.15, -0.1) is 0 Å². The van der Waals surface area contributed by atoms with Gasteiger partial charge in [-0.1, -0.05) is 12.1 Å². The van der Waals surface area contributed by atoms with Gasteiger partial charge in [0.15, 0.2) is 0 Å². The zero-order valence-corrected chi connectivity index (χ0v) is 15.9. The SMILES string of the molecule is COc1cccc(Cn2cnc(OCc3ccc(F)cc3F)c(Br)c2=O)c1. The van der Waals surface area contributed by atoms with Crippen molar-refractivity contribution in [3.63, 3.8) is 0 Å². The summed E-state index contributed by atoms with van der Waals surface area (Å²) in [4.78, 5) is 16.6. The lowest BCUT2D eigenvalue weighted by Gasteiger charge is -2.11. The molecule has 3 aromatic rings. The van der Waals surface area contributed by atoms with Crippen molar-refractivity contribution in [3.8, 4) is 11.6 Å². The minimum Gasteiger partial charge on any atom is -0.497 e. The number of rotatable bonds is 6. The molecule has 27 heavy (non-hydrogen) atoms. The molecule has 0 radical (unpaired) electrons. The maximum absolute atomic E-state index is 13.7. The first-order valence-corrected chi connectivity index (χ1v) is 8.72. The van der Waals surface area contributed by atoms with Crippen LogP contribution < -0.4 is 15.0 Å². The minimum absolute atomic E-state index is 0.0330. The molecular weight excluding hydrogens is 422 g/mol. The fourth-order valence-corrected chi connectivity index (χ4v) is 2.86. The van der Waals surface area contributed by atoms with Gasteiger partial charge in [0, 0.05) is 11.6 Å². The Hall–Kier alpha value is -2.74. The van der Waals surface area contributed by atoms with E-state index in [1.807, 2.05) is 24.3 Å². The molecule has 0 aliphatic heterocycles. The van der Waals surface area contributed by atoms with Crippen molar-refractivity contribution in [1.82, 2.24) is 9.55 Å². The monoisotopic (exact) mass is 436 g/mol. The normalized spacial score (nSPS) is 10.7. The van der Waals surface area contributed by atoms with Gasteiger partial charge < -0.3 is 9.47 Å². The second kappa shape index (κ2) is 8.30. The van der Waals surface area contributed by atoms with Gasteiger partial charge in [-0.25, -0.2) is 13.8 Å². The molecule has 1 aromatic heterocycles. The third kappa shape index (κ3) is 4.51. The van der Waals surface area contributed by atoms with E-state index in [0.29, 0.717) is 12.3 Å². The Morgan fingerprint density at radius 2 is 2.00 bits per heavy atom. The lowest BCUT2D eigenvalue weighted by molar-refractivity contribution is 0.283. The van der Waals surface area contributed by atoms with Crippen molar-refractivity contribution in [2.45, 2.75) is 13.2 Å². The maximum Gasteiger partial charge on any atom is 0.271 e. The Labute approximate surface area is 162 Å². The lowest BCUT2D eigenvalue weighted by atomic mass is 10.2. The van der Waals surface area contributed by atoms with Crippen molar-refractivity contribution in [1.29, 1.82) is 0 Å². The van der Waals surface area contributed by atoms with Gasteiger partial charge in [-0.3, -0.25) is 9.36 Å². The molecular formula is C19H15BrF2N2O3. The van der Waals surface area contributed by atoms with E-state index in [0.717, 1.165) is 17.7 Å². The number of hydrogen-bond acceptors (Lipinski definition) is 4. The zero-order valence-electron chi connectivity index (χ0n) is 14.3. The molecule has 0 saturated heterocycles. The number of halogens is 3. The summed E-state index contributed by atoms with van der Waals surface area (Å²) in [5.41, 5.74) is 0.681. The van der Waals surface area contributed by atoms with Crippen LogP contribution in [-0.4, -0.2) is 16.7 Å². The molecule has 0 bridgehead atoms. The third-order valence-electron chi connectivity index (χ3n) is 3.82. The number of nitrogens with zero attached hydrogens (tertiary/aromatic N) is 2. The van der Waals surface area contributed by atoms with E-state index < -0.39 is 11.6 Å². The van der Waals surface area contributed by atoms with Crippen LogP contribution in [0.3, 0.4) is 0 Å². The number of ether oxygens (including phenoxy) is 2. The summed E-state index contributed by atoms with van der Waals surface area (Å²) >= 11 is 3.18. The van der Waals surface area contributed by atoms with Gasteiger partial charge in [0.2, 0.25) is 5.88 Å². The number of hydrogen-bond donors (Lipinski definition) is 0. The predicted octanol–water partition coefficient (Wildman–Crippen LogP) is 3.92. The topological polar surface area (TPSA) is 53.4 Å². The Balaban J connectivity index is 1.77. The number of benzene rings is 2. The summed E-state index contributed by atoms with van der Waals surface area (Å²) in [5.74, 6) is -0.673. The summed E-state index contributed by atoms with van der Waals surface area (Å²) in [6.45, 7) is 0.117. The molecule has 3 rings (SSSR count). The fourth-order valence-electron chi connectivity index (χ4n) is 2.41. The van der Waals surface area contributed by atoms with Gasteiger partial charge in [0.05, 0.1) is 13.7 Å². The Morgan fingerprint density at radius 1 is 1.19 bits per heavy atom. The van der Waals surface area contributed by atoms with E-state index in [1.165, 1.54) is 17.0 Å². The minimum atomic E-state index is -0.725. The number of methoxy groups -OCH3 is 1. The highest BCUT2D eigenvalue weighted by atomic mass is 79.9. The van der Waals surface area contributed by atoms with Crippen LogP contribution in [0.25, 0.3) is 0 Å². The Morgan fingerprint density at radius 3 is 2.74 bits per heavy atom. The molecule has 5 nitrogen and oxygen atoms in total. The molecule has 140 valence electrons.